The topological polar surface area (TPSA) is 63.7 Å². The number of carbonyl (C=O) groups excluding carboxylic acids is 1. The van der Waals surface area contributed by atoms with E-state index < -0.39 is 17.3 Å². The Morgan fingerprint density at radius 3 is 1.97 bits per heavy atom. The summed E-state index contributed by atoms with van der Waals surface area (Å²) in [6.45, 7) is 8.69. The molecule has 0 spiro atoms. The van der Waals surface area contributed by atoms with E-state index >= 15 is 0 Å². The number of carboxylic acid groups (broad SMARTS) is 1. The number of pyridine rings is 1. The van der Waals surface area contributed by atoms with Gasteiger partial charge < -0.3 is 14.1 Å². The highest BCUT2D eigenvalue weighted by atomic mass is 35.5. The molecule has 0 atom stereocenters. The molecule has 0 radical (unpaired) electrons. The molecule has 38 heavy (non-hydrogen) atoms. The van der Waals surface area contributed by atoms with Gasteiger partial charge in [0, 0.05) is 41.1 Å². The van der Waals surface area contributed by atoms with Gasteiger partial charge in [-0.25, -0.2) is 4.79 Å². The third kappa shape index (κ3) is 4.69. The van der Waals surface area contributed by atoms with Gasteiger partial charge in [0.1, 0.15) is 0 Å². The second-order valence-electron chi connectivity index (χ2n) is 8.79. The lowest BCUT2D eigenvalue weighted by Crippen LogP contribution is -2.13. The Balaban J connectivity index is 0.000000253. The summed E-state index contributed by atoms with van der Waals surface area (Å²) in [4.78, 5) is 25.3. The average Bonchev–Trinajstić information content (AvgIpc) is 3.36. The first-order chi connectivity index (χ1) is 18.0. The van der Waals surface area contributed by atoms with E-state index in [2.05, 4.69) is 42.8 Å². The van der Waals surface area contributed by atoms with Gasteiger partial charge in [0.15, 0.2) is 5.78 Å². The number of hydrogen-bond donors (Lipinski definition) is 1. The number of fused-ring (bicyclic) bond motifs is 2. The van der Waals surface area contributed by atoms with Crippen LogP contribution in [0, 0.1) is 20.8 Å². The number of para-hydroxylation sites is 1. The minimum absolute atomic E-state index is 0.159. The summed E-state index contributed by atoms with van der Waals surface area (Å²) >= 11 is 24.4. The Morgan fingerprint density at radius 2 is 1.37 bits per heavy atom. The van der Waals surface area contributed by atoms with Gasteiger partial charge in [0.2, 0.25) is 0 Å². The Morgan fingerprint density at radius 1 is 0.789 bits per heavy atom. The van der Waals surface area contributed by atoms with E-state index in [-0.39, 0.29) is 25.7 Å². The molecule has 1 N–H and O–H groups in total. The van der Waals surface area contributed by atoms with E-state index in [1.54, 1.807) is 19.1 Å². The van der Waals surface area contributed by atoms with Crippen molar-refractivity contribution in [2.45, 2.75) is 34.2 Å². The summed E-state index contributed by atoms with van der Waals surface area (Å²) in [6.07, 6.45) is 4.24. The van der Waals surface area contributed by atoms with E-state index in [0.717, 1.165) is 5.52 Å². The lowest BCUT2D eigenvalue weighted by Gasteiger charge is -2.13. The van der Waals surface area contributed by atoms with Crippen molar-refractivity contribution in [2.24, 2.45) is 0 Å². The van der Waals surface area contributed by atoms with Crippen LogP contribution in [0.3, 0.4) is 0 Å². The number of carboxylic acids is 1. The fourth-order valence-corrected chi connectivity index (χ4v) is 5.71. The monoisotopic (exact) mass is 588 g/mol. The van der Waals surface area contributed by atoms with E-state index in [0.29, 0.717) is 23.2 Å². The van der Waals surface area contributed by atoms with Gasteiger partial charge >= 0.3 is 5.97 Å². The molecule has 5 nitrogen and oxygen atoms in total. The number of benzene rings is 2. The van der Waals surface area contributed by atoms with Crippen LogP contribution >= 0.6 is 46.4 Å². The van der Waals surface area contributed by atoms with Crippen LogP contribution in [0.2, 0.25) is 20.1 Å². The van der Waals surface area contributed by atoms with Gasteiger partial charge in [-0.3, -0.25) is 4.79 Å². The largest absolute Gasteiger partial charge is 0.478 e. The first-order valence-electron chi connectivity index (χ1n) is 11.8. The van der Waals surface area contributed by atoms with Crippen molar-refractivity contribution >= 4 is 74.6 Å². The molecule has 5 rings (SSSR count). The zero-order valence-electron chi connectivity index (χ0n) is 21.1. The zero-order chi connectivity index (χ0) is 27.9. The minimum Gasteiger partial charge on any atom is -0.478 e. The second kappa shape index (κ2) is 11.0. The number of carbonyl (C=O) groups is 2. The molecular formula is C29H24Cl4N2O3. The van der Waals surface area contributed by atoms with Crippen molar-refractivity contribution in [3.8, 4) is 0 Å². The first-order valence-corrected chi connectivity index (χ1v) is 13.3. The normalized spacial score (nSPS) is 11.1. The minimum atomic E-state index is -1.42. The van der Waals surface area contributed by atoms with Crippen LogP contribution in [0.15, 0.2) is 54.9 Å². The van der Waals surface area contributed by atoms with Crippen LogP contribution in [0.4, 0.5) is 0 Å². The van der Waals surface area contributed by atoms with Gasteiger partial charge in [-0.15, -0.1) is 0 Å². The number of aryl methyl sites for hydroxylation is 3. The molecular weight excluding hydrogens is 566 g/mol. The number of halogens is 4. The highest BCUT2D eigenvalue weighted by Gasteiger charge is 2.31. The van der Waals surface area contributed by atoms with Crippen molar-refractivity contribution in [2.75, 3.05) is 0 Å². The second-order valence-corrected chi connectivity index (χ2v) is 10.3. The Hall–Kier alpha value is -2.96. The first kappa shape index (κ1) is 28.1. The van der Waals surface area contributed by atoms with Crippen LogP contribution in [0.5, 0.6) is 0 Å². The number of rotatable bonds is 4. The van der Waals surface area contributed by atoms with Crippen LogP contribution < -0.4 is 0 Å². The average molecular weight is 590 g/mol. The number of aromatic nitrogens is 2. The molecule has 3 heterocycles. The number of ketones is 1. The molecule has 0 saturated carbocycles. The number of nitrogens with zero attached hydrogens (tertiary/aromatic N) is 2. The maximum Gasteiger partial charge on any atom is 0.338 e. The maximum absolute atomic E-state index is 13.5. The van der Waals surface area contributed by atoms with Crippen molar-refractivity contribution in [3.63, 3.8) is 0 Å². The lowest BCUT2D eigenvalue weighted by atomic mass is 9.96. The third-order valence-corrected chi connectivity index (χ3v) is 8.48. The van der Waals surface area contributed by atoms with Crippen molar-refractivity contribution in [1.29, 1.82) is 0 Å². The Kier molecular flexibility index (Phi) is 8.15. The fourth-order valence-electron chi connectivity index (χ4n) is 4.69. The number of hydrogen-bond acceptors (Lipinski definition) is 2. The van der Waals surface area contributed by atoms with Gasteiger partial charge in [-0.1, -0.05) is 70.7 Å². The van der Waals surface area contributed by atoms with Gasteiger partial charge in [0.05, 0.1) is 36.8 Å². The molecule has 2 aromatic carbocycles. The van der Waals surface area contributed by atoms with Crippen molar-refractivity contribution < 1.29 is 14.7 Å². The summed E-state index contributed by atoms with van der Waals surface area (Å²) < 4.78 is 4.13. The number of aromatic carboxylic acids is 1. The predicted octanol–water partition coefficient (Wildman–Crippen LogP) is 9.07. The Bertz CT molecular complexity index is 1730. The van der Waals surface area contributed by atoms with E-state index in [1.165, 1.54) is 16.6 Å². The van der Waals surface area contributed by atoms with Crippen LogP contribution in [-0.2, 0) is 6.54 Å². The molecule has 0 unspecified atom stereocenters. The van der Waals surface area contributed by atoms with Crippen LogP contribution in [0.25, 0.3) is 16.4 Å². The van der Waals surface area contributed by atoms with Crippen LogP contribution in [0.1, 0.15) is 50.0 Å². The van der Waals surface area contributed by atoms with Gasteiger partial charge in [-0.2, -0.15) is 0 Å². The molecule has 0 bridgehead atoms. The maximum atomic E-state index is 13.5. The highest BCUT2D eigenvalue weighted by Crippen LogP contribution is 2.43. The van der Waals surface area contributed by atoms with Gasteiger partial charge in [-0.05, 0) is 57.0 Å². The molecule has 196 valence electrons. The molecule has 0 aliphatic carbocycles. The standard InChI is InChI=1S/C19H13Cl4NO3.C10H11N/c1-3-24-8(2)11(9-6-4-5-7-10(9)24)18(25)12-13(19(26)27)15(21)17(23)16(22)14(12)20;1-8-7-11-6-4-3-5-10(11)9(8)2/h4-7H,3H2,1-2H3,(H,26,27);3-7H,1-2H3. The van der Waals surface area contributed by atoms with E-state index in [4.69, 9.17) is 46.4 Å². The highest BCUT2D eigenvalue weighted by molar-refractivity contribution is 6.54. The molecule has 0 fully saturated rings. The van der Waals surface area contributed by atoms with E-state index in [9.17, 15) is 14.7 Å². The molecule has 5 aromatic rings. The summed E-state index contributed by atoms with van der Waals surface area (Å²) in [5.74, 6) is -1.99. The SMILES string of the molecule is CCn1c(C)c(C(=O)c2c(Cl)c(Cl)c(Cl)c(Cl)c2C(=O)O)c2ccccc21.Cc1cn2ccccc2c1C. The predicted molar refractivity (Wildman–Crippen MR) is 156 cm³/mol. The van der Waals surface area contributed by atoms with Crippen molar-refractivity contribution in [1.82, 2.24) is 8.97 Å². The smallest absolute Gasteiger partial charge is 0.338 e. The van der Waals surface area contributed by atoms with E-state index in [1.807, 2.05) is 29.7 Å². The summed E-state index contributed by atoms with van der Waals surface area (Å²) in [5, 5.41) is 9.39. The molecule has 9 heteroatoms. The summed E-state index contributed by atoms with van der Waals surface area (Å²) in [5.41, 5.74) is 5.22. The third-order valence-electron chi connectivity index (χ3n) is 6.68. The quantitative estimate of drug-likeness (QED) is 0.129. The summed E-state index contributed by atoms with van der Waals surface area (Å²) in [7, 11) is 0. The Labute approximate surface area is 240 Å². The molecule has 0 aliphatic heterocycles. The fraction of sp³-hybridized carbons (Fsp3) is 0.172. The summed E-state index contributed by atoms with van der Waals surface area (Å²) in [6, 6.07) is 13.6. The molecule has 0 saturated heterocycles. The lowest BCUT2D eigenvalue weighted by molar-refractivity contribution is 0.0693. The van der Waals surface area contributed by atoms with Gasteiger partial charge in [0.25, 0.3) is 0 Å². The zero-order valence-corrected chi connectivity index (χ0v) is 24.1. The molecule has 0 aliphatic rings. The van der Waals surface area contributed by atoms with Crippen LogP contribution in [-0.4, -0.2) is 25.8 Å². The molecule has 0 amide bonds. The van der Waals surface area contributed by atoms with Crippen molar-refractivity contribution in [3.05, 3.63) is 108 Å². The molecule has 3 aromatic heterocycles.